The number of nitrogens with zero attached hydrogens (tertiary/aromatic N) is 5. The minimum Gasteiger partial charge on any atom is -0.334 e. The predicted octanol–water partition coefficient (Wildman–Crippen LogP) is 2.92. The third kappa shape index (κ3) is 4.72. The number of thiazole rings is 1. The van der Waals surface area contributed by atoms with Crippen LogP contribution in [0, 0.1) is 5.82 Å². The summed E-state index contributed by atoms with van der Waals surface area (Å²) in [6.45, 7) is 0. The quantitative estimate of drug-likeness (QED) is 0.174. The number of fused-ring (bicyclic) bond motifs is 1. The fourth-order valence-electron chi connectivity index (χ4n) is 2.38. The van der Waals surface area contributed by atoms with Gasteiger partial charge in [-0.25, -0.2) is 19.5 Å². The van der Waals surface area contributed by atoms with E-state index in [1.807, 2.05) is 24.3 Å². The standard InChI is InChI=1S/C18H15FN8OS2/c19-12-7-5-11(6-8-12)9-21-24-16-25-26-18(27(16)20)29-10-15(28)23-17-22-13-3-1-2-4-14(13)30-17/h1-9H,10,20H2,(H,24,25)(H,22,23,28)/b21-9+. The average Bonchev–Trinajstić information content (AvgIpc) is 3.31. The van der Waals surface area contributed by atoms with Crippen LogP contribution in [0.4, 0.5) is 15.5 Å². The second-order valence-corrected chi connectivity index (χ2v) is 7.89. The van der Waals surface area contributed by atoms with E-state index in [0.717, 1.165) is 22.0 Å². The molecule has 0 fully saturated rings. The number of hydrazone groups is 1. The fourth-order valence-corrected chi connectivity index (χ4v) is 3.91. The van der Waals surface area contributed by atoms with Crippen LogP contribution in [0.25, 0.3) is 10.2 Å². The van der Waals surface area contributed by atoms with Crippen molar-refractivity contribution in [3.8, 4) is 0 Å². The highest BCUT2D eigenvalue weighted by molar-refractivity contribution is 7.99. The molecule has 2 aromatic heterocycles. The summed E-state index contributed by atoms with van der Waals surface area (Å²) in [6, 6.07) is 13.5. The highest BCUT2D eigenvalue weighted by atomic mass is 32.2. The minimum absolute atomic E-state index is 0.0874. The fraction of sp³-hybridized carbons (Fsp3) is 0.0556. The van der Waals surface area contributed by atoms with Crippen LogP contribution >= 0.6 is 23.1 Å². The van der Waals surface area contributed by atoms with Crippen molar-refractivity contribution in [2.75, 3.05) is 22.3 Å². The molecule has 0 saturated heterocycles. The van der Waals surface area contributed by atoms with E-state index in [-0.39, 0.29) is 23.4 Å². The number of thioether (sulfide) groups is 1. The van der Waals surface area contributed by atoms with E-state index < -0.39 is 0 Å². The van der Waals surface area contributed by atoms with Gasteiger partial charge in [-0.1, -0.05) is 47.4 Å². The zero-order valence-electron chi connectivity index (χ0n) is 15.3. The first-order valence-electron chi connectivity index (χ1n) is 8.62. The smallest absolute Gasteiger partial charge is 0.264 e. The van der Waals surface area contributed by atoms with Gasteiger partial charge in [0.25, 0.3) is 5.95 Å². The summed E-state index contributed by atoms with van der Waals surface area (Å²) in [7, 11) is 0. The van der Waals surface area contributed by atoms with Crippen molar-refractivity contribution in [1.29, 1.82) is 0 Å². The Morgan fingerprint density at radius 1 is 1.23 bits per heavy atom. The highest BCUT2D eigenvalue weighted by Crippen LogP contribution is 2.25. The number of anilines is 2. The van der Waals surface area contributed by atoms with Crippen molar-refractivity contribution in [2.24, 2.45) is 5.10 Å². The maximum atomic E-state index is 12.9. The Bertz CT molecular complexity index is 1170. The first-order chi connectivity index (χ1) is 14.6. The lowest BCUT2D eigenvalue weighted by molar-refractivity contribution is -0.113. The summed E-state index contributed by atoms with van der Waals surface area (Å²) >= 11 is 2.53. The maximum Gasteiger partial charge on any atom is 0.264 e. The number of carbonyl (C=O) groups is 1. The summed E-state index contributed by atoms with van der Waals surface area (Å²) in [4.78, 5) is 16.6. The molecular formula is C18H15FN8OS2. The number of halogens is 1. The van der Waals surface area contributed by atoms with Gasteiger partial charge in [-0.2, -0.15) is 5.10 Å². The molecule has 2 aromatic carbocycles. The molecule has 2 heterocycles. The number of hydrogen-bond acceptors (Lipinski definition) is 9. The Kier molecular flexibility index (Phi) is 5.86. The number of nitrogens with one attached hydrogen (secondary N) is 2. The molecule has 4 aromatic rings. The van der Waals surface area contributed by atoms with E-state index >= 15 is 0 Å². The molecule has 0 aliphatic rings. The van der Waals surface area contributed by atoms with Gasteiger partial charge in [-0.3, -0.25) is 4.79 Å². The Morgan fingerprint density at radius 2 is 2.03 bits per heavy atom. The van der Waals surface area contributed by atoms with Crippen LogP contribution in [0.15, 0.2) is 58.8 Å². The Hall–Kier alpha value is -3.51. The lowest BCUT2D eigenvalue weighted by Crippen LogP contribution is -2.16. The van der Waals surface area contributed by atoms with Crippen LogP contribution in [0.3, 0.4) is 0 Å². The summed E-state index contributed by atoms with van der Waals surface area (Å²) in [5, 5.41) is 15.5. The molecular weight excluding hydrogens is 427 g/mol. The molecule has 12 heteroatoms. The van der Waals surface area contributed by atoms with Crippen LogP contribution < -0.4 is 16.6 Å². The average molecular weight is 443 g/mol. The molecule has 0 saturated carbocycles. The number of nitrogen functional groups attached to an aromatic ring is 1. The van der Waals surface area contributed by atoms with Gasteiger partial charge in [0.1, 0.15) is 5.82 Å². The number of amides is 1. The monoisotopic (exact) mass is 442 g/mol. The molecule has 0 unspecified atom stereocenters. The lowest BCUT2D eigenvalue weighted by Gasteiger charge is -2.03. The van der Waals surface area contributed by atoms with E-state index in [2.05, 4.69) is 31.0 Å². The predicted molar refractivity (Wildman–Crippen MR) is 117 cm³/mol. The van der Waals surface area contributed by atoms with Crippen molar-refractivity contribution < 1.29 is 9.18 Å². The highest BCUT2D eigenvalue weighted by Gasteiger charge is 2.13. The number of para-hydroxylation sites is 1. The van der Waals surface area contributed by atoms with Crippen LogP contribution in [0.1, 0.15) is 5.56 Å². The lowest BCUT2D eigenvalue weighted by atomic mass is 10.2. The van der Waals surface area contributed by atoms with Gasteiger partial charge in [0, 0.05) is 0 Å². The Balaban J connectivity index is 1.31. The molecule has 0 spiro atoms. The van der Waals surface area contributed by atoms with Gasteiger partial charge in [0.2, 0.25) is 11.1 Å². The van der Waals surface area contributed by atoms with Crippen LogP contribution in [0.2, 0.25) is 0 Å². The molecule has 30 heavy (non-hydrogen) atoms. The number of hydrogen-bond donors (Lipinski definition) is 3. The van der Waals surface area contributed by atoms with Gasteiger partial charge in [-0.15, -0.1) is 10.2 Å². The van der Waals surface area contributed by atoms with E-state index in [4.69, 9.17) is 5.84 Å². The first kappa shape index (κ1) is 19.8. The van der Waals surface area contributed by atoms with E-state index in [1.54, 1.807) is 12.1 Å². The van der Waals surface area contributed by atoms with Crippen LogP contribution in [-0.4, -0.2) is 37.7 Å². The molecule has 0 aliphatic heterocycles. The van der Waals surface area contributed by atoms with E-state index in [0.29, 0.717) is 15.9 Å². The molecule has 0 atom stereocenters. The van der Waals surface area contributed by atoms with Gasteiger partial charge in [-0.05, 0) is 29.8 Å². The summed E-state index contributed by atoms with van der Waals surface area (Å²) in [6.07, 6.45) is 1.49. The first-order valence-corrected chi connectivity index (χ1v) is 10.4. The van der Waals surface area contributed by atoms with Gasteiger partial charge >= 0.3 is 0 Å². The summed E-state index contributed by atoms with van der Waals surface area (Å²) < 4.78 is 15.1. The van der Waals surface area contributed by atoms with Crippen LogP contribution in [-0.2, 0) is 4.79 Å². The van der Waals surface area contributed by atoms with Crippen molar-refractivity contribution in [2.45, 2.75) is 5.16 Å². The zero-order valence-corrected chi connectivity index (χ0v) is 17.0. The number of aromatic nitrogens is 4. The van der Waals surface area contributed by atoms with Crippen molar-refractivity contribution >= 4 is 56.5 Å². The Morgan fingerprint density at radius 3 is 2.83 bits per heavy atom. The largest absolute Gasteiger partial charge is 0.334 e. The van der Waals surface area contributed by atoms with Gasteiger partial charge in [0.15, 0.2) is 5.13 Å². The molecule has 1 amide bonds. The number of nitrogens with two attached hydrogens (primary N) is 1. The second kappa shape index (κ2) is 8.88. The van der Waals surface area contributed by atoms with Crippen molar-refractivity contribution in [3.05, 3.63) is 59.9 Å². The normalized spacial score (nSPS) is 11.2. The molecule has 4 N–H and O–H groups in total. The van der Waals surface area contributed by atoms with Gasteiger partial charge < -0.3 is 11.2 Å². The number of benzene rings is 2. The second-order valence-electron chi connectivity index (χ2n) is 5.92. The van der Waals surface area contributed by atoms with E-state index in [9.17, 15) is 9.18 Å². The number of carbonyl (C=O) groups excluding carboxylic acids is 1. The summed E-state index contributed by atoms with van der Waals surface area (Å²) in [5.41, 5.74) is 4.20. The Labute approximate surface area is 178 Å². The number of rotatable bonds is 7. The zero-order chi connectivity index (χ0) is 20.9. The molecule has 9 nitrogen and oxygen atoms in total. The topological polar surface area (TPSA) is 123 Å². The maximum absolute atomic E-state index is 12.9. The molecule has 4 rings (SSSR count). The third-order valence-corrected chi connectivity index (χ3v) is 5.68. The molecule has 152 valence electrons. The van der Waals surface area contributed by atoms with Crippen molar-refractivity contribution in [1.82, 2.24) is 19.9 Å². The molecule has 0 aliphatic carbocycles. The van der Waals surface area contributed by atoms with Gasteiger partial charge in [0.05, 0.1) is 22.2 Å². The third-order valence-electron chi connectivity index (χ3n) is 3.79. The summed E-state index contributed by atoms with van der Waals surface area (Å²) in [5.74, 6) is 5.67. The van der Waals surface area contributed by atoms with E-state index in [1.165, 1.54) is 34.4 Å². The van der Waals surface area contributed by atoms with Crippen molar-refractivity contribution in [3.63, 3.8) is 0 Å². The minimum atomic E-state index is -0.323. The van der Waals surface area contributed by atoms with Crippen LogP contribution in [0.5, 0.6) is 0 Å². The molecule has 0 radical (unpaired) electrons. The SMILES string of the molecule is Nn1c(N/N=C/c2ccc(F)cc2)nnc1SCC(=O)Nc1nc2ccccc2s1. The molecule has 0 bridgehead atoms.